The van der Waals surface area contributed by atoms with Gasteiger partial charge in [-0.2, -0.15) is 0 Å². The number of hydrogen-bond acceptors (Lipinski definition) is 3. The van der Waals surface area contributed by atoms with Gasteiger partial charge in [0.1, 0.15) is 5.75 Å². The van der Waals surface area contributed by atoms with E-state index >= 15 is 0 Å². The molecule has 0 saturated carbocycles. The van der Waals surface area contributed by atoms with Gasteiger partial charge in [-0.05, 0) is 45.0 Å². The summed E-state index contributed by atoms with van der Waals surface area (Å²) in [4.78, 5) is 12.0. The van der Waals surface area contributed by atoms with Crippen LogP contribution < -0.4 is 15.4 Å². The lowest BCUT2D eigenvalue weighted by Gasteiger charge is -2.13. The van der Waals surface area contributed by atoms with E-state index in [1.165, 1.54) is 0 Å². The van der Waals surface area contributed by atoms with Crippen LogP contribution >= 0.6 is 0 Å². The molecule has 2 N–H and O–H groups in total. The minimum Gasteiger partial charge on any atom is -0.491 e. The van der Waals surface area contributed by atoms with Crippen molar-refractivity contribution in [3.8, 4) is 5.75 Å². The second-order valence-corrected chi connectivity index (χ2v) is 4.86. The van der Waals surface area contributed by atoms with Crippen LogP contribution in [0.4, 0.5) is 0 Å². The smallest absolute Gasteiger partial charge is 0.251 e. The van der Waals surface area contributed by atoms with Crippen molar-refractivity contribution < 1.29 is 9.53 Å². The van der Waals surface area contributed by atoms with E-state index in [0.717, 1.165) is 25.3 Å². The quantitative estimate of drug-likeness (QED) is 0.850. The molecule has 4 heteroatoms. The van der Waals surface area contributed by atoms with Crippen molar-refractivity contribution in [1.82, 2.24) is 10.6 Å². The van der Waals surface area contributed by atoms with Gasteiger partial charge in [-0.25, -0.2) is 0 Å². The van der Waals surface area contributed by atoms with Gasteiger partial charge >= 0.3 is 0 Å². The first-order valence-electron chi connectivity index (χ1n) is 6.43. The topological polar surface area (TPSA) is 50.4 Å². The van der Waals surface area contributed by atoms with Crippen LogP contribution in [-0.4, -0.2) is 31.1 Å². The molecule has 0 unspecified atom stereocenters. The number of carbonyl (C=O) groups is 1. The van der Waals surface area contributed by atoms with Crippen LogP contribution in [0.5, 0.6) is 5.75 Å². The number of amides is 1. The SMILES string of the molecule is CC(C)Oc1cccc(C(=O)N[C@H]2CCNC2)c1. The Morgan fingerprint density at radius 2 is 2.33 bits per heavy atom. The molecule has 98 valence electrons. The minimum atomic E-state index is -0.0297. The third-order valence-electron chi connectivity index (χ3n) is 2.86. The van der Waals surface area contributed by atoms with Gasteiger partial charge < -0.3 is 15.4 Å². The highest BCUT2D eigenvalue weighted by molar-refractivity contribution is 5.94. The van der Waals surface area contributed by atoms with Gasteiger partial charge in [0.25, 0.3) is 5.91 Å². The van der Waals surface area contributed by atoms with Gasteiger partial charge in [0, 0.05) is 18.2 Å². The van der Waals surface area contributed by atoms with E-state index in [2.05, 4.69) is 10.6 Å². The lowest BCUT2D eigenvalue weighted by Crippen LogP contribution is -2.36. The first-order valence-corrected chi connectivity index (χ1v) is 6.43. The largest absolute Gasteiger partial charge is 0.491 e. The molecule has 2 rings (SSSR count). The van der Waals surface area contributed by atoms with E-state index in [0.29, 0.717) is 5.56 Å². The van der Waals surface area contributed by atoms with Crippen molar-refractivity contribution >= 4 is 5.91 Å². The zero-order valence-electron chi connectivity index (χ0n) is 10.9. The first kappa shape index (κ1) is 12.9. The molecular formula is C14H20N2O2. The van der Waals surface area contributed by atoms with Gasteiger partial charge in [-0.3, -0.25) is 4.79 Å². The number of benzene rings is 1. The average molecular weight is 248 g/mol. The minimum absolute atomic E-state index is 0.0297. The average Bonchev–Trinajstić information content (AvgIpc) is 2.81. The zero-order valence-corrected chi connectivity index (χ0v) is 10.9. The van der Waals surface area contributed by atoms with E-state index < -0.39 is 0 Å². The number of carbonyl (C=O) groups excluding carboxylic acids is 1. The summed E-state index contributed by atoms with van der Waals surface area (Å²) in [7, 11) is 0. The number of hydrogen-bond donors (Lipinski definition) is 2. The predicted molar refractivity (Wildman–Crippen MR) is 70.9 cm³/mol. The van der Waals surface area contributed by atoms with Crippen LogP contribution in [-0.2, 0) is 0 Å². The Morgan fingerprint density at radius 3 is 3.00 bits per heavy atom. The summed E-state index contributed by atoms with van der Waals surface area (Å²) in [6.45, 7) is 5.77. The fraction of sp³-hybridized carbons (Fsp3) is 0.500. The van der Waals surface area contributed by atoms with E-state index in [9.17, 15) is 4.79 Å². The second kappa shape index (κ2) is 5.87. The van der Waals surface area contributed by atoms with E-state index in [-0.39, 0.29) is 18.1 Å². The molecule has 1 heterocycles. The van der Waals surface area contributed by atoms with Gasteiger partial charge in [0.05, 0.1) is 6.10 Å². The molecule has 0 radical (unpaired) electrons. The van der Waals surface area contributed by atoms with Gasteiger partial charge in [-0.15, -0.1) is 0 Å². The van der Waals surface area contributed by atoms with Crippen LogP contribution in [0.1, 0.15) is 30.6 Å². The standard InChI is InChI=1S/C14H20N2O2/c1-10(2)18-13-5-3-4-11(8-13)14(17)16-12-6-7-15-9-12/h3-5,8,10,12,15H,6-7,9H2,1-2H3,(H,16,17)/t12-/m0/s1. The van der Waals surface area contributed by atoms with Crippen LogP contribution in [0, 0.1) is 0 Å². The van der Waals surface area contributed by atoms with Crippen LogP contribution in [0.3, 0.4) is 0 Å². The Hall–Kier alpha value is -1.55. The fourth-order valence-corrected chi connectivity index (χ4v) is 2.03. The molecular weight excluding hydrogens is 228 g/mol. The Kier molecular flexibility index (Phi) is 4.20. The molecule has 0 bridgehead atoms. The van der Waals surface area contributed by atoms with Crippen molar-refractivity contribution in [3.63, 3.8) is 0 Å². The highest BCUT2D eigenvalue weighted by Gasteiger charge is 2.17. The molecule has 1 aliphatic heterocycles. The van der Waals surface area contributed by atoms with Gasteiger partial charge in [-0.1, -0.05) is 6.07 Å². The highest BCUT2D eigenvalue weighted by atomic mass is 16.5. The lowest BCUT2D eigenvalue weighted by atomic mass is 10.1. The summed E-state index contributed by atoms with van der Waals surface area (Å²) in [5.41, 5.74) is 0.653. The molecule has 0 spiro atoms. The Labute approximate surface area is 108 Å². The van der Waals surface area contributed by atoms with Crippen molar-refractivity contribution in [3.05, 3.63) is 29.8 Å². The van der Waals surface area contributed by atoms with Crippen LogP contribution in [0.25, 0.3) is 0 Å². The Bertz CT molecular complexity index is 412. The third kappa shape index (κ3) is 3.47. The molecule has 1 aliphatic rings. The molecule has 1 saturated heterocycles. The van der Waals surface area contributed by atoms with Crippen molar-refractivity contribution in [2.24, 2.45) is 0 Å². The molecule has 1 aromatic carbocycles. The lowest BCUT2D eigenvalue weighted by molar-refractivity contribution is 0.0939. The third-order valence-corrected chi connectivity index (χ3v) is 2.86. The molecule has 18 heavy (non-hydrogen) atoms. The number of ether oxygens (including phenoxy) is 1. The number of nitrogens with one attached hydrogen (secondary N) is 2. The van der Waals surface area contributed by atoms with Crippen LogP contribution in [0.15, 0.2) is 24.3 Å². The maximum atomic E-state index is 12.0. The Balaban J connectivity index is 2.00. The molecule has 1 atom stereocenters. The summed E-state index contributed by atoms with van der Waals surface area (Å²) in [6.07, 6.45) is 1.11. The summed E-state index contributed by atoms with van der Waals surface area (Å²) in [5.74, 6) is 0.708. The zero-order chi connectivity index (χ0) is 13.0. The molecule has 4 nitrogen and oxygen atoms in total. The molecule has 1 aromatic rings. The summed E-state index contributed by atoms with van der Waals surface area (Å²) >= 11 is 0. The highest BCUT2D eigenvalue weighted by Crippen LogP contribution is 2.15. The van der Waals surface area contributed by atoms with E-state index in [4.69, 9.17) is 4.74 Å². The van der Waals surface area contributed by atoms with Crippen molar-refractivity contribution in [2.45, 2.75) is 32.4 Å². The summed E-state index contributed by atoms with van der Waals surface area (Å²) in [6, 6.07) is 7.56. The monoisotopic (exact) mass is 248 g/mol. The summed E-state index contributed by atoms with van der Waals surface area (Å²) < 4.78 is 5.58. The molecule has 0 aliphatic carbocycles. The fourth-order valence-electron chi connectivity index (χ4n) is 2.03. The van der Waals surface area contributed by atoms with E-state index in [1.54, 1.807) is 6.07 Å². The maximum Gasteiger partial charge on any atom is 0.251 e. The number of rotatable bonds is 4. The second-order valence-electron chi connectivity index (χ2n) is 4.86. The van der Waals surface area contributed by atoms with Gasteiger partial charge in [0.15, 0.2) is 0 Å². The van der Waals surface area contributed by atoms with Gasteiger partial charge in [0.2, 0.25) is 0 Å². The van der Waals surface area contributed by atoms with Crippen LogP contribution in [0.2, 0.25) is 0 Å². The Morgan fingerprint density at radius 1 is 1.50 bits per heavy atom. The molecule has 1 fully saturated rings. The van der Waals surface area contributed by atoms with Crippen molar-refractivity contribution in [1.29, 1.82) is 0 Å². The first-order chi connectivity index (χ1) is 8.65. The van der Waals surface area contributed by atoms with E-state index in [1.807, 2.05) is 32.0 Å². The summed E-state index contributed by atoms with van der Waals surface area (Å²) in [5, 5.41) is 6.25. The molecule has 1 amide bonds. The van der Waals surface area contributed by atoms with Crippen molar-refractivity contribution in [2.75, 3.05) is 13.1 Å². The normalized spacial score (nSPS) is 18.9. The maximum absolute atomic E-state index is 12.0. The molecule has 0 aromatic heterocycles. The predicted octanol–water partition coefficient (Wildman–Crippen LogP) is 1.57.